The average molecular weight is 207 g/mol. The maximum absolute atomic E-state index is 5.74. The zero-order valence-electron chi connectivity index (χ0n) is 8.35. The van der Waals surface area contributed by atoms with Gasteiger partial charge < -0.3 is 14.8 Å². The molecule has 1 N–H and O–H groups in total. The fourth-order valence-electron chi connectivity index (χ4n) is 2.25. The molecule has 1 aromatic heterocycles. The SMILES string of the molecule is c1cnc([C@]23CCNC[C@H]2OCO3)nc1. The predicted molar refractivity (Wildman–Crippen MR) is 52.0 cm³/mol. The van der Waals surface area contributed by atoms with Gasteiger partial charge in [-0.3, -0.25) is 0 Å². The van der Waals surface area contributed by atoms with Gasteiger partial charge in [0.2, 0.25) is 0 Å². The number of aromatic nitrogens is 2. The molecular weight excluding hydrogens is 194 g/mol. The van der Waals surface area contributed by atoms with Crippen molar-refractivity contribution in [2.75, 3.05) is 19.9 Å². The van der Waals surface area contributed by atoms with Crippen molar-refractivity contribution in [3.63, 3.8) is 0 Å². The van der Waals surface area contributed by atoms with Gasteiger partial charge in [-0.1, -0.05) is 0 Å². The number of nitrogens with zero attached hydrogens (tertiary/aromatic N) is 2. The summed E-state index contributed by atoms with van der Waals surface area (Å²) in [4.78, 5) is 8.58. The van der Waals surface area contributed by atoms with Gasteiger partial charge in [0.1, 0.15) is 12.9 Å². The van der Waals surface area contributed by atoms with E-state index in [1.165, 1.54) is 0 Å². The van der Waals surface area contributed by atoms with Crippen LogP contribution in [0.2, 0.25) is 0 Å². The second-order valence-corrected chi connectivity index (χ2v) is 3.83. The molecule has 0 spiro atoms. The summed E-state index contributed by atoms with van der Waals surface area (Å²) in [5.41, 5.74) is -0.424. The Hall–Kier alpha value is -1.04. The molecule has 0 bridgehead atoms. The Kier molecular flexibility index (Phi) is 2.16. The summed E-state index contributed by atoms with van der Waals surface area (Å²) in [6, 6.07) is 1.81. The molecule has 2 aliphatic rings. The Morgan fingerprint density at radius 1 is 1.40 bits per heavy atom. The zero-order valence-corrected chi connectivity index (χ0v) is 8.35. The predicted octanol–water partition coefficient (Wildman–Crippen LogP) is 0.0381. The van der Waals surface area contributed by atoms with Gasteiger partial charge in [0.05, 0.1) is 0 Å². The quantitative estimate of drug-likeness (QED) is 0.704. The van der Waals surface area contributed by atoms with E-state index in [9.17, 15) is 0 Å². The van der Waals surface area contributed by atoms with Gasteiger partial charge >= 0.3 is 0 Å². The molecule has 2 atom stereocenters. The molecule has 0 amide bonds. The minimum absolute atomic E-state index is 0.0358. The van der Waals surface area contributed by atoms with Crippen LogP contribution in [0.5, 0.6) is 0 Å². The molecule has 1 aromatic rings. The van der Waals surface area contributed by atoms with Crippen LogP contribution < -0.4 is 5.32 Å². The lowest BCUT2D eigenvalue weighted by atomic mass is 9.88. The monoisotopic (exact) mass is 207 g/mol. The first-order valence-electron chi connectivity index (χ1n) is 5.16. The van der Waals surface area contributed by atoms with Crippen molar-refractivity contribution in [2.24, 2.45) is 0 Å². The lowest BCUT2D eigenvalue weighted by Gasteiger charge is -2.35. The van der Waals surface area contributed by atoms with Gasteiger partial charge in [0.25, 0.3) is 0 Å². The Balaban J connectivity index is 2.00. The van der Waals surface area contributed by atoms with Crippen LogP contribution in [0.25, 0.3) is 0 Å². The van der Waals surface area contributed by atoms with E-state index in [4.69, 9.17) is 9.47 Å². The molecule has 5 heteroatoms. The van der Waals surface area contributed by atoms with Crippen LogP contribution >= 0.6 is 0 Å². The largest absolute Gasteiger partial charge is 0.347 e. The maximum atomic E-state index is 5.74. The summed E-state index contributed by atoms with van der Waals surface area (Å²) < 4.78 is 11.3. The molecule has 0 unspecified atom stereocenters. The number of nitrogens with one attached hydrogen (secondary N) is 1. The molecule has 2 aliphatic heterocycles. The van der Waals surface area contributed by atoms with Crippen molar-refractivity contribution in [3.05, 3.63) is 24.3 Å². The summed E-state index contributed by atoms with van der Waals surface area (Å²) in [5, 5.41) is 3.29. The summed E-state index contributed by atoms with van der Waals surface area (Å²) >= 11 is 0. The highest BCUT2D eigenvalue weighted by atomic mass is 16.7. The Morgan fingerprint density at radius 2 is 2.27 bits per heavy atom. The highest BCUT2D eigenvalue weighted by Crippen LogP contribution is 2.38. The van der Waals surface area contributed by atoms with Crippen molar-refractivity contribution in [1.82, 2.24) is 15.3 Å². The summed E-state index contributed by atoms with van der Waals surface area (Å²) in [6.45, 7) is 2.06. The number of hydrogen-bond acceptors (Lipinski definition) is 5. The molecule has 15 heavy (non-hydrogen) atoms. The third-order valence-corrected chi connectivity index (χ3v) is 3.05. The minimum Gasteiger partial charge on any atom is -0.347 e. The van der Waals surface area contributed by atoms with Crippen LogP contribution in [-0.4, -0.2) is 36.0 Å². The van der Waals surface area contributed by atoms with Crippen molar-refractivity contribution in [1.29, 1.82) is 0 Å². The van der Waals surface area contributed by atoms with Crippen LogP contribution in [0.4, 0.5) is 0 Å². The van der Waals surface area contributed by atoms with Crippen LogP contribution in [0.3, 0.4) is 0 Å². The van der Waals surface area contributed by atoms with E-state index in [0.29, 0.717) is 6.79 Å². The lowest BCUT2D eigenvalue weighted by Crippen LogP contribution is -2.50. The Labute approximate surface area is 87.8 Å². The number of rotatable bonds is 1. The summed E-state index contributed by atoms with van der Waals surface area (Å²) in [6.07, 6.45) is 4.39. The second kappa shape index (κ2) is 3.52. The van der Waals surface area contributed by atoms with Crippen molar-refractivity contribution in [2.45, 2.75) is 18.1 Å². The van der Waals surface area contributed by atoms with Crippen molar-refractivity contribution in [3.8, 4) is 0 Å². The number of piperidine rings is 1. The normalized spacial score (nSPS) is 35.1. The van der Waals surface area contributed by atoms with E-state index < -0.39 is 5.60 Å². The zero-order chi connectivity index (χ0) is 10.1. The Bertz CT molecular complexity index is 346. The third-order valence-electron chi connectivity index (χ3n) is 3.05. The standard InChI is InChI=1S/C10H13N3O2/c1-3-12-9(13-4-1)10-2-5-11-6-8(10)14-7-15-10/h1,3-4,8,11H,2,5-7H2/t8-,10+/m1/s1. The van der Waals surface area contributed by atoms with E-state index in [1.54, 1.807) is 12.4 Å². The van der Waals surface area contributed by atoms with Gasteiger partial charge in [-0.25, -0.2) is 9.97 Å². The Morgan fingerprint density at radius 3 is 3.13 bits per heavy atom. The highest BCUT2D eigenvalue weighted by molar-refractivity contribution is 5.10. The fourth-order valence-corrected chi connectivity index (χ4v) is 2.25. The first-order chi connectivity index (χ1) is 7.42. The molecule has 80 valence electrons. The van der Waals surface area contributed by atoms with Crippen LogP contribution in [0.1, 0.15) is 12.2 Å². The average Bonchev–Trinajstić information content (AvgIpc) is 2.75. The van der Waals surface area contributed by atoms with E-state index in [0.717, 1.165) is 25.3 Å². The topological polar surface area (TPSA) is 56.3 Å². The minimum atomic E-state index is -0.424. The van der Waals surface area contributed by atoms with Crippen molar-refractivity contribution >= 4 is 0 Å². The summed E-state index contributed by atoms with van der Waals surface area (Å²) in [5.74, 6) is 0.744. The second-order valence-electron chi connectivity index (χ2n) is 3.83. The van der Waals surface area contributed by atoms with E-state index in [1.807, 2.05) is 6.07 Å². The number of ether oxygens (including phenoxy) is 2. The van der Waals surface area contributed by atoms with Crippen molar-refractivity contribution < 1.29 is 9.47 Å². The fraction of sp³-hybridized carbons (Fsp3) is 0.600. The van der Waals surface area contributed by atoms with Gasteiger partial charge in [-0.2, -0.15) is 0 Å². The van der Waals surface area contributed by atoms with Crippen LogP contribution in [-0.2, 0) is 15.1 Å². The molecular formula is C10H13N3O2. The third kappa shape index (κ3) is 1.35. The molecule has 3 rings (SSSR count). The molecule has 0 radical (unpaired) electrons. The molecule has 5 nitrogen and oxygen atoms in total. The number of hydrogen-bond donors (Lipinski definition) is 1. The van der Waals surface area contributed by atoms with Gasteiger partial charge in [-0.15, -0.1) is 0 Å². The molecule has 2 fully saturated rings. The van der Waals surface area contributed by atoms with E-state index in [2.05, 4.69) is 15.3 Å². The van der Waals surface area contributed by atoms with Gasteiger partial charge in [-0.05, 0) is 19.0 Å². The molecule has 0 aromatic carbocycles. The maximum Gasteiger partial charge on any atom is 0.163 e. The molecule has 3 heterocycles. The van der Waals surface area contributed by atoms with Gasteiger partial charge in [0.15, 0.2) is 11.4 Å². The smallest absolute Gasteiger partial charge is 0.163 e. The van der Waals surface area contributed by atoms with E-state index >= 15 is 0 Å². The summed E-state index contributed by atoms with van der Waals surface area (Å²) in [7, 11) is 0. The van der Waals surface area contributed by atoms with Crippen LogP contribution in [0.15, 0.2) is 18.5 Å². The van der Waals surface area contributed by atoms with Gasteiger partial charge in [0, 0.05) is 18.9 Å². The highest BCUT2D eigenvalue weighted by Gasteiger charge is 2.50. The molecule has 2 saturated heterocycles. The number of fused-ring (bicyclic) bond motifs is 1. The lowest BCUT2D eigenvalue weighted by molar-refractivity contribution is -0.0334. The molecule has 0 aliphatic carbocycles. The molecule has 0 saturated carbocycles. The first-order valence-corrected chi connectivity index (χ1v) is 5.16. The van der Waals surface area contributed by atoms with E-state index in [-0.39, 0.29) is 6.10 Å². The first kappa shape index (κ1) is 9.21. The van der Waals surface area contributed by atoms with Crippen LogP contribution in [0, 0.1) is 0 Å².